The topological polar surface area (TPSA) is 68.5 Å². The van der Waals surface area contributed by atoms with Crippen LogP contribution in [0.15, 0.2) is 18.2 Å². The summed E-state index contributed by atoms with van der Waals surface area (Å²) in [7, 11) is 0. The molecule has 1 saturated heterocycles. The molecular formula is C16H20F3N3O2. The number of aliphatic hydroxyl groups is 1. The van der Waals surface area contributed by atoms with Crippen LogP contribution < -0.4 is 5.32 Å². The van der Waals surface area contributed by atoms with Crippen LogP contribution in [0.5, 0.6) is 0 Å². The number of nitrogens with zero attached hydrogens (tertiary/aromatic N) is 2. The first-order valence-electron chi connectivity index (χ1n) is 7.59. The van der Waals surface area contributed by atoms with Crippen LogP contribution in [0.1, 0.15) is 18.1 Å². The number of β-amino-alcohol motifs (C(OH)–C–C–N with tert-alkyl or cyclic N) is 1. The van der Waals surface area contributed by atoms with Crippen LogP contribution in [-0.4, -0.2) is 55.0 Å². The Morgan fingerprint density at radius 2 is 2.00 bits per heavy atom. The molecule has 0 aliphatic carbocycles. The zero-order valence-electron chi connectivity index (χ0n) is 13.4. The summed E-state index contributed by atoms with van der Waals surface area (Å²) in [6.45, 7) is 4.84. The Hall–Kier alpha value is -1.82. The molecule has 8 heteroatoms. The number of benzene rings is 1. The molecule has 1 aliphatic rings. The highest BCUT2D eigenvalue weighted by Gasteiger charge is 2.31. The fourth-order valence-corrected chi connectivity index (χ4v) is 2.55. The molecule has 132 valence electrons. The molecule has 2 N–H and O–H groups in total. The molecule has 0 spiro atoms. The Morgan fingerprint density at radius 3 is 2.58 bits per heavy atom. The summed E-state index contributed by atoms with van der Waals surface area (Å²) in [6.07, 6.45) is -4.49. The molecule has 1 fully saturated rings. The van der Waals surface area contributed by atoms with Gasteiger partial charge in [0, 0.05) is 26.2 Å². The zero-order valence-corrected chi connectivity index (χ0v) is 13.4. The number of nitriles is 1. The second-order valence-corrected chi connectivity index (χ2v) is 6.11. The van der Waals surface area contributed by atoms with Crippen LogP contribution in [0.2, 0.25) is 0 Å². The van der Waals surface area contributed by atoms with Gasteiger partial charge >= 0.3 is 6.18 Å². The van der Waals surface area contributed by atoms with Crippen LogP contribution in [0.3, 0.4) is 0 Å². The van der Waals surface area contributed by atoms with Gasteiger partial charge in [0.05, 0.1) is 35.6 Å². The van der Waals surface area contributed by atoms with Crippen molar-refractivity contribution >= 4 is 5.69 Å². The van der Waals surface area contributed by atoms with E-state index in [-0.39, 0.29) is 17.8 Å². The molecule has 1 heterocycles. The van der Waals surface area contributed by atoms with Crippen molar-refractivity contribution in [3.8, 4) is 6.07 Å². The highest BCUT2D eigenvalue weighted by Crippen LogP contribution is 2.31. The van der Waals surface area contributed by atoms with E-state index >= 15 is 0 Å². The molecule has 24 heavy (non-hydrogen) atoms. The van der Waals surface area contributed by atoms with Gasteiger partial charge in [0.15, 0.2) is 0 Å². The van der Waals surface area contributed by atoms with E-state index < -0.39 is 17.3 Å². The maximum atomic E-state index is 12.7. The van der Waals surface area contributed by atoms with Crippen LogP contribution in [-0.2, 0) is 10.9 Å². The average Bonchev–Trinajstić information content (AvgIpc) is 2.52. The average molecular weight is 343 g/mol. The number of alkyl halides is 3. The first-order valence-corrected chi connectivity index (χ1v) is 7.59. The summed E-state index contributed by atoms with van der Waals surface area (Å²) >= 11 is 0. The molecule has 0 aromatic heterocycles. The highest BCUT2D eigenvalue weighted by atomic mass is 19.4. The zero-order chi connectivity index (χ0) is 17.8. The number of halogens is 3. The van der Waals surface area contributed by atoms with Gasteiger partial charge in [-0.3, -0.25) is 4.90 Å². The van der Waals surface area contributed by atoms with E-state index in [2.05, 4.69) is 10.2 Å². The Balaban J connectivity index is 2.01. The van der Waals surface area contributed by atoms with E-state index in [1.54, 1.807) is 13.0 Å². The molecule has 0 amide bonds. The standard InChI is InChI=1S/C16H20F3N3O2/c1-15(23,11-22-4-6-24-7-5-22)10-21-14-3-2-13(16(17,18)19)8-12(14)9-20/h2-3,8,21,23H,4-7,10-11H2,1H3. The van der Waals surface area contributed by atoms with Gasteiger partial charge in [-0.05, 0) is 25.1 Å². The predicted octanol–water partition coefficient (Wildman–Crippen LogP) is 2.07. The van der Waals surface area contributed by atoms with E-state index in [1.807, 2.05) is 0 Å². The van der Waals surface area contributed by atoms with Gasteiger partial charge in [0.2, 0.25) is 0 Å². The van der Waals surface area contributed by atoms with E-state index in [4.69, 9.17) is 10.00 Å². The normalized spacial score (nSPS) is 18.7. The summed E-state index contributed by atoms with van der Waals surface area (Å²) in [5.74, 6) is 0. The van der Waals surface area contributed by atoms with E-state index in [0.29, 0.717) is 19.8 Å². The highest BCUT2D eigenvalue weighted by molar-refractivity contribution is 5.59. The van der Waals surface area contributed by atoms with Crippen molar-refractivity contribution in [3.63, 3.8) is 0 Å². The molecule has 1 unspecified atom stereocenters. The molecule has 1 atom stereocenters. The fourth-order valence-electron chi connectivity index (χ4n) is 2.55. The lowest BCUT2D eigenvalue weighted by Gasteiger charge is -2.34. The number of nitrogens with one attached hydrogen (secondary N) is 1. The minimum Gasteiger partial charge on any atom is -0.387 e. The third kappa shape index (κ3) is 5.09. The molecule has 1 aliphatic heterocycles. The van der Waals surface area contributed by atoms with Gasteiger partial charge in [0.1, 0.15) is 6.07 Å². The summed E-state index contributed by atoms with van der Waals surface area (Å²) in [6, 6.07) is 4.69. The number of ether oxygens (including phenoxy) is 1. The van der Waals surface area contributed by atoms with Crippen molar-refractivity contribution < 1.29 is 23.0 Å². The molecule has 0 bridgehead atoms. The summed E-state index contributed by atoms with van der Waals surface area (Å²) in [4.78, 5) is 2.06. The maximum absolute atomic E-state index is 12.7. The first-order chi connectivity index (χ1) is 11.2. The molecular weight excluding hydrogens is 323 g/mol. The molecule has 5 nitrogen and oxygen atoms in total. The third-order valence-electron chi connectivity index (χ3n) is 3.79. The lowest BCUT2D eigenvalue weighted by Crippen LogP contribution is -2.49. The van der Waals surface area contributed by atoms with E-state index in [9.17, 15) is 18.3 Å². The maximum Gasteiger partial charge on any atom is 0.416 e. The van der Waals surface area contributed by atoms with Crippen molar-refractivity contribution in [2.24, 2.45) is 0 Å². The number of morpholine rings is 1. The van der Waals surface area contributed by atoms with Gasteiger partial charge in [-0.2, -0.15) is 18.4 Å². The molecule has 2 rings (SSSR count). The van der Waals surface area contributed by atoms with E-state index in [0.717, 1.165) is 25.2 Å². The third-order valence-corrected chi connectivity index (χ3v) is 3.79. The quantitative estimate of drug-likeness (QED) is 0.857. The van der Waals surface area contributed by atoms with Crippen molar-refractivity contribution in [2.75, 3.05) is 44.7 Å². The number of hydrogen-bond acceptors (Lipinski definition) is 5. The number of hydrogen-bond donors (Lipinski definition) is 2. The van der Waals surface area contributed by atoms with Gasteiger partial charge in [-0.25, -0.2) is 0 Å². The van der Waals surface area contributed by atoms with Gasteiger partial charge in [0.25, 0.3) is 0 Å². The van der Waals surface area contributed by atoms with Crippen molar-refractivity contribution in [1.29, 1.82) is 5.26 Å². The summed E-state index contributed by atoms with van der Waals surface area (Å²) in [5, 5.41) is 22.4. The Labute approximate surface area is 138 Å². The SMILES string of the molecule is CC(O)(CNc1ccc(C(F)(F)F)cc1C#N)CN1CCOCC1. The lowest BCUT2D eigenvalue weighted by molar-refractivity contribution is -0.137. The van der Waals surface area contributed by atoms with Crippen LogP contribution in [0.25, 0.3) is 0 Å². The second-order valence-electron chi connectivity index (χ2n) is 6.11. The van der Waals surface area contributed by atoms with Gasteiger partial charge in [-0.1, -0.05) is 0 Å². The Kier molecular flexibility index (Phi) is 5.70. The molecule has 1 aromatic rings. The minimum atomic E-state index is -4.49. The summed E-state index contributed by atoms with van der Waals surface area (Å²) in [5.41, 5.74) is -1.79. The summed E-state index contributed by atoms with van der Waals surface area (Å²) < 4.78 is 43.3. The van der Waals surface area contributed by atoms with Crippen molar-refractivity contribution in [2.45, 2.75) is 18.7 Å². The van der Waals surface area contributed by atoms with E-state index in [1.165, 1.54) is 6.07 Å². The van der Waals surface area contributed by atoms with Crippen molar-refractivity contribution in [1.82, 2.24) is 4.90 Å². The number of anilines is 1. The van der Waals surface area contributed by atoms with Crippen molar-refractivity contribution in [3.05, 3.63) is 29.3 Å². The Bertz CT molecular complexity index is 606. The largest absolute Gasteiger partial charge is 0.416 e. The first kappa shape index (κ1) is 18.5. The van der Waals surface area contributed by atoms with Crippen LogP contribution in [0.4, 0.5) is 18.9 Å². The Morgan fingerprint density at radius 1 is 1.33 bits per heavy atom. The van der Waals surface area contributed by atoms with Crippen LogP contribution in [0, 0.1) is 11.3 Å². The fraction of sp³-hybridized carbons (Fsp3) is 0.562. The lowest BCUT2D eigenvalue weighted by atomic mass is 10.0. The van der Waals surface area contributed by atoms with Crippen LogP contribution >= 0.6 is 0 Å². The molecule has 0 radical (unpaired) electrons. The smallest absolute Gasteiger partial charge is 0.387 e. The second kappa shape index (κ2) is 7.38. The monoisotopic (exact) mass is 343 g/mol. The molecule has 1 aromatic carbocycles. The minimum absolute atomic E-state index is 0.105. The van der Waals surface area contributed by atoms with Gasteiger partial charge < -0.3 is 15.2 Å². The number of rotatable bonds is 5. The molecule has 0 saturated carbocycles. The predicted molar refractivity (Wildman–Crippen MR) is 82.5 cm³/mol. The van der Waals surface area contributed by atoms with Gasteiger partial charge in [-0.15, -0.1) is 0 Å².